The second-order valence-corrected chi connectivity index (χ2v) is 6.17. The van der Waals surface area contributed by atoms with E-state index in [2.05, 4.69) is 25.9 Å². The molecule has 0 aromatic rings. The number of piperidine rings is 1. The smallest absolute Gasteiger partial charge is 0.242 e. The van der Waals surface area contributed by atoms with Gasteiger partial charge in [0.25, 0.3) is 0 Å². The Morgan fingerprint density at radius 2 is 1.94 bits per heavy atom. The van der Waals surface area contributed by atoms with E-state index in [0.717, 1.165) is 51.2 Å². The van der Waals surface area contributed by atoms with Crippen molar-refractivity contribution in [3.05, 3.63) is 0 Å². The summed E-state index contributed by atoms with van der Waals surface area (Å²) in [5.74, 6) is 0.854. The highest BCUT2D eigenvalue weighted by atomic mass is 16.2. The van der Waals surface area contributed by atoms with Gasteiger partial charge in [0.1, 0.15) is 0 Å². The van der Waals surface area contributed by atoms with Gasteiger partial charge in [0.15, 0.2) is 0 Å². The van der Waals surface area contributed by atoms with E-state index in [-0.39, 0.29) is 5.91 Å². The summed E-state index contributed by atoms with van der Waals surface area (Å²) in [4.78, 5) is 16.5. The summed E-state index contributed by atoms with van der Waals surface area (Å²) in [5, 5.41) is 0. The molecule has 0 aromatic heterocycles. The zero-order chi connectivity index (χ0) is 13.8. The predicted octanol–water partition coefficient (Wildman–Crippen LogP) is 1.30. The molecule has 1 aliphatic rings. The minimum absolute atomic E-state index is 0.132. The van der Waals surface area contributed by atoms with Gasteiger partial charge in [0.05, 0.1) is 5.54 Å². The van der Waals surface area contributed by atoms with E-state index in [0.29, 0.717) is 0 Å². The molecule has 106 valence electrons. The third-order valence-electron chi connectivity index (χ3n) is 3.78. The summed E-state index contributed by atoms with van der Waals surface area (Å²) in [6.07, 6.45) is 3.93. The van der Waals surface area contributed by atoms with Crippen LogP contribution in [0.3, 0.4) is 0 Å². The first kappa shape index (κ1) is 15.4. The molecule has 1 atom stereocenters. The number of rotatable bonds is 5. The number of hydrogen-bond acceptors (Lipinski definition) is 3. The topological polar surface area (TPSA) is 49.6 Å². The van der Waals surface area contributed by atoms with Crippen LogP contribution < -0.4 is 5.73 Å². The lowest BCUT2D eigenvalue weighted by atomic mass is 9.92. The Kier molecular flexibility index (Phi) is 5.60. The lowest BCUT2D eigenvalue weighted by molar-refractivity contribution is -0.138. The van der Waals surface area contributed by atoms with Crippen LogP contribution in [-0.2, 0) is 4.79 Å². The first-order valence-corrected chi connectivity index (χ1v) is 7.09. The van der Waals surface area contributed by atoms with Crippen LogP contribution in [0.15, 0.2) is 0 Å². The summed E-state index contributed by atoms with van der Waals surface area (Å²) >= 11 is 0. The van der Waals surface area contributed by atoms with Crippen LogP contribution in [0.5, 0.6) is 0 Å². The van der Waals surface area contributed by atoms with Crippen LogP contribution in [-0.4, -0.2) is 55.0 Å². The Labute approximate surface area is 111 Å². The predicted molar refractivity (Wildman–Crippen MR) is 75.4 cm³/mol. The van der Waals surface area contributed by atoms with Gasteiger partial charge < -0.3 is 15.5 Å². The molecule has 2 N–H and O–H groups in total. The summed E-state index contributed by atoms with van der Waals surface area (Å²) in [7, 11) is 4.21. The van der Waals surface area contributed by atoms with Gasteiger partial charge in [-0.3, -0.25) is 4.79 Å². The maximum atomic E-state index is 12.3. The first-order valence-electron chi connectivity index (χ1n) is 7.09. The number of carbonyl (C=O) groups excluding carboxylic acids is 1. The van der Waals surface area contributed by atoms with Gasteiger partial charge in [-0.2, -0.15) is 0 Å². The molecule has 1 amide bonds. The summed E-state index contributed by atoms with van der Waals surface area (Å²) in [5.41, 5.74) is 5.44. The standard InChI is InChI=1S/C14H29N3O/c1-5-8-14(2,15)13(18)17-9-6-12(7-10-17)11-16(3)4/h12H,5-11,15H2,1-4H3. The van der Waals surface area contributed by atoms with Gasteiger partial charge in [-0.1, -0.05) is 13.3 Å². The molecule has 0 spiro atoms. The second kappa shape index (κ2) is 6.53. The number of hydrogen-bond donors (Lipinski definition) is 1. The molecule has 1 rings (SSSR count). The molecule has 1 heterocycles. The molecular weight excluding hydrogens is 226 g/mol. The summed E-state index contributed by atoms with van der Waals surface area (Å²) in [6.45, 7) is 6.80. The number of likely N-dealkylation sites (tertiary alicyclic amines) is 1. The number of nitrogens with two attached hydrogens (primary N) is 1. The van der Waals surface area contributed by atoms with Crippen molar-refractivity contribution in [1.82, 2.24) is 9.80 Å². The Balaban J connectivity index is 2.45. The molecule has 1 saturated heterocycles. The maximum Gasteiger partial charge on any atom is 0.242 e. The average Bonchev–Trinajstić information content (AvgIpc) is 2.28. The maximum absolute atomic E-state index is 12.3. The van der Waals surface area contributed by atoms with E-state index in [4.69, 9.17) is 5.73 Å². The number of amides is 1. The normalized spacial score (nSPS) is 21.1. The fourth-order valence-electron chi connectivity index (χ4n) is 2.82. The van der Waals surface area contributed by atoms with Crippen LogP contribution in [0, 0.1) is 5.92 Å². The van der Waals surface area contributed by atoms with Crippen molar-refractivity contribution in [3.8, 4) is 0 Å². The first-order chi connectivity index (χ1) is 8.36. The summed E-state index contributed by atoms with van der Waals surface area (Å²) in [6, 6.07) is 0. The van der Waals surface area contributed by atoms with Gasteiger partial charge in [0, 0.05) is 19.6 Å². The van der Waals surface area contributed by atoms with Crippen molar-refractivity contribution < 1.29 is 4.79 Å². The molecule has 1 aliphatic heterocycles. The van der Waals surface area contributed by atoms with Crippen LogP contribution >= 0.6 is 0 Å². The van der Waals surface area contributed by atoms with Crippen LogP contribution in [0.2, 0.25) is 0 Å². The molecule has 0 aliphatic carbocycles. The van der Waals surface area contributed by atoms with E-state index in [9.17, 15) is 4.79 Å². The fourth-order valence-corrected chi connectivity index (χ4v) is 2.82. The molecule has 0 saturated carbocycles. The lowest BCUT2D eigenvalue weighted by Crippen LogP contribution is -2.55. The van der Waals surface area contributed by atoms with E-state index >= 15 is 0 Å². The average molecular weight is 255 g/mol. The van der Waals surface area contributed by atoms with Gasteiger partial charge in [-0.05, 0) is 46.2 Å². The van der Waals surface area contributed by atoms with Gasteiger partial charge in [-0.15, -0.1) is 0 Å². The lowest BCUT2D eigenvalue weighted by Gasteiger charge is -2.37. The fraction of sp³-hybridized carbons (Fsp3) is 0.929. The molecular formula is C14H29N3O. The van der Waals surface area contributed by atoms with Gasteiger partial charge in [-0.25, -0.2) is 0 Å². The van der Waals surface area contributed by atoms with Gasteiger partial charge >= 0.3 is 0 Å². The molecule has 1 fully saturated rings. The molecule has 4 nitrogen and oxygen atoms in total. The third-order valence-corrected chi connectivity index (χ3v) is 3.78. The Bertz CT molecular complexity index is 268. The van der Waals surface area contributed by atoms with Crippen LogP contribution in [0.25, 0.3) is 0 Å². The SMILES string of the molecule is CCCC(C)(N)C(=O)N1CCC(CN(C)C)CC1. The largest absolute Gasteiger partial charge is 0.341 e. The van der Waals surface area contributed by atoms with E-state index in [1.54, 1.807) is 0 Å². The van der Waals surface area contributed by atoms with Crippen molar-refractivity contribution in [3.63, 3.8) is 0 Å². The van der Waals surface area contributed by atoms with Crippen molar-refractivity contribution >= 4 is 5.91 Å². The van der Waals surface area contributed by atoms with Crippen molar-refractivity contribution in [2.45, 2.75) is 45.1 Å². The quantitative estimate of drug-likeness (QED) is 0.805. The minimum atomic E-state index is -0.677. The molecule has 4 heteroatoms. The molecule has 0 bridgehead atoms. The van der Waals surface area contributed by atoms with E-state index < -0.39 is 5.54 Å². The molecule has 1 unspecified atom stereocenters. The van der Waals surface area contributed by atoms with E-state index in [1.165, 1.54) is 0 Å². The number of carbonyl (C=O) groups is 1. The third kappa shape index (κ3) is 4.25. The van der Waals surface area contributed by atoms with Gasteiger partial charge in [0.2, 0.25) is 5.91 Å². The highest BCUT2D eigenvalue weighted by Crippen LogP contribution is 2.21. The number of nitrogens with zero attached hydrogens (tertiary/aromatic N) is 2. The molecule has 0 aromatic carbocycles. The Hall–Kier alpha value is -0.610. The van der Waals surface area contributed by atoms with Crippen molar-refractivity contribution in [1.29, 1.82) is 0 Å². The molecule has 18 heavy (non-hydrogen) atoms. The monoisotopic (exact) mass is 255 g/mol. The van der Waals surface area contributed by atoms with E-state index in [1.807, 2.05) is 11.8 Å². The zero-order valence-electron chi connectivity index (χ0n) is 12.4. The van der Waals surface area contributed by atoms with Crippen LogP contribution in [0.4, 0.5) is 0 Å². The second-order valence-electron chi connectivity index (χ2n) is 6.17. The van der Waals surface area contributed by atoms with Crippen LogP contribution in [0.1, 0.15) is 39.5 Å². The van der Waals surface area contributed by atoms with Crippen molar-refractivity contribution in [2.75, 3.05) is 33.7 Å². The van der Waals surface area contributed by atoms with Crippen molar-refractivity contribution in [2.24, 2.45) is 11.7 Å². The Morgan fingerprint density at radius 3 is 2.39 bits per heavy atom. The highest BCUT2D eigenvalue weighted by molar-refractivity contribution is 5.85. The zero-order valence-corrected chi connectivity index (χ0v) is 12.4. The Morgan fingerprint density at radius 1 is 1.39 bits per heavy atom. The summed E-state index contributed by atoms with van der Waals surface area (Å²) < 4.78 is 0. The highest BCUT2D eigenvalue weighted by Gasteiger charge is 2.33. The minimum Gasteiger partial charge on any atom is -0.341 e. The molecule has 0 radical (unpaired) electrons.